The first-order valence-corrected chi connectivity index (χ1v) is 8.80. The van der Waals surface area contributed by atoms with Gasteiger partial charge < -0.3 is 10.5 Å². The molecule has 3 aromatic rings. The Kier molecular flexibility index (Phi) is 5.32. The largest absolute Gasteiger partial charge is 0.384 e. The van der Waals surface area contributed by atoms with E-state index in [1.807, 2.05) is 6.07 Å². The molecule has 0 aliphatic heterocycles. The number of nitrogens with two attached hydrogens (primary N) is 1. The van der Waals surface area contributed by atoms with Crippen LogP contribution < -0.4 is 10.5 Å². The lowest BCUT2D eigenvalue weighted by Crippen LogP contribution is -1.98. The minimum absolute atomic E-state index is 0.183. The minimum Gasteiger partial charge on any atom is -0.384 e. The fourth-order valence-electron chi connectivity index (χ4n) is 2.14. The fraction of sp³-hybridized carbons (Fsp3) is 0.0588. The van der Waals surface area contributed by atoms with Crippen LogP contribution in [0.5, 0.6) is 0 Å². The normalized spacial score (nSPS) is 10.7. The molecule has 0 fully saturated rings. The van der Waals surface area contributed by atoms with Crippen LogP contribution >= 0.6 is 35.1 Å². The number of hydrogen-bond acceptors (Lipinski definition) is 5. The van der Waals surface area contributed by atoms with E-state index in [1.165, 1.54) is 18.0 Å². The average Bonchev–Trinajstić information content (AvgIpc) is 2.59. The molecule has 128 valence electrons. The molecule has 3 N–H and O–H groups in total. The molecule has 0 aliphatic carbocycles. The SMILES string of the molecule is Cc1ccc(F)c(-c2nc(NSc3cccc(N)n3)ccc2Cl)c1Cl. The van der Waals surface area contributed by atoms with Crippen molar-refractivity contribution in [1.82, 2.24) is 9.97 Å². The maximum absolute atomic E-state index is 14.3. The summed E-state index contributed by atoms with van der Waals surface area (Å²) in [5.41, 5.74) is 6.86. The smallest absolute Gasteiger partial charge is 0.136 e. The highest BCUT2D eigenvalue weighted by molar-refractivity contribution is 8.00. The van der Waals surface area contributed by atoms with Gasteiger partial charge in [0.25, 0.3) is 0 Å². The van der Waals surface area contributed by atoms with Crippen LogP contribution in [0.4, 0.5) is 16.0 Å². The van der Waals surface area contributed by atoms with Crippen LogP contribution in [0.2, 0.25) is 10.0 Å². The van der Waals surface area contributed by atoms with Gasteiger partial charge in [-0.15, -0.1) is 0 Å². The molecule has 0 saturated heterocycles. The first kappa shape index (κ1) is 17.8. The summed E-state index contributed by atoms with van der Waals surface area (Å²) in [6, 6.07) is 11.6. The number of anilines is 2. The number of nitrogens with one attached hydrogen (secondary N) is 1. The highest BCUT2D eigenvalue weighted by atomic mass is 35.5. The highest BCUT2D eigenvalue weighted by Gasteiger charge is 2.17. The second-order valence-corrected chi connectivity index (χ2v) is 6.80. The molecule has 0 amide bonds. The fourth-order valence-corrected chi connectivity index (χ4v) is 3.20. The van der Waals surface area contributed by atoms with Gasteiger partial charge in [0.15, 0.2) is 0 Å². The molecule has 0 spiro atoms. The van der Waals surface area contributed by atoms with Gasteiger partial charge in [0.05, 0.1) is 21.3 Å². The van der Waals surface area contributed by atoms with E-state index in [-0.39, 0.29) is 16.3 Å². The van der Waals surface area contributed by atoms with Crippen molar-refractivity contribution in [2.24, 2.45) is 0 Å². The second kappa shape index (κ2) is 7.47. The Morgan fingerprint density at radius 2 is 1.88 bits per heavy atom. The van der Waals surface area contributed by atoms with Crippen molar-refractivity contribution in [3.8, 4) is 11.3 Å². The first-order chi connectivity index (χ1) is 12.0. The zero-order chi connectivity index (χ0) is 18.0. The molecule has 0 atom stereocenters. The number of hydrogen-bond donors (Lipinski definition) is 2. The lowest BCUT2D eigenvalue weighted by molar-refractivity contribution is 0.630. The molecule has 0 radical (unpaired) electrons. The molecule has 8 heteroatoms. The van der Waals surface area contributed by atoms with Gasteiger partial charge in [0.1, 0.15) is 22.5 Å². The van der Waals surface area contributed by atoms with E-state index < -0.39 is 5.82 Å². The van der Waals surface area contributed by atoms with Gasteiger partial charge in [0.2, 0.25) is 0 Å². The van der Waals surface area contributed by atoms with E-state index in [1.54, 1.807) is 37.3 Å². The maximum atomic E-state index is 14.3. The third kappa shape index (κ3) is 3.98. The molecule has 0 bridgehead atoms. The Labute approximate surface area is 158 Å². The van der Waals surface area contributed by atoms with Crippen LogP contribution in [0.25, 0.3) is 11.3 Å². The maximum Gasteiger partial charge on any atom is 0.136 e. The molecule has 2 aromatic heterocycles. The van der Waals surface area contributed by atoms with E-state index in [4.69, 9.17) is 28.9 Å². The molecule has 3 rings (SSSR count). The van der Waals surface area contributed by atoms with E-state index >= 15 is 0 Å². The molecular formula is C17H13Cl2FN4S. The molecule has 0 aliphatic rings. The van der Waals surface area contributed by atoms with Crippen LogP contribution in [0.1, 0.15) is 5.56 Å². The third-order valence-corrected chi connectivity index (χ3v) is 4.91. The summed E-state index contributed by atoms with van der Waals surface area (Å²) in [5, 5.41) is 1.28. The predicted octanol–water partition coefficient (Wildman–Crippen LogP) is 5.60. The van der Waals surface area contributed by atoms with Crippen molar-refractivity contribution in [3.63, 3.8) is 0 Å². The minimum atomic E-state index is -0.479. The number of nitrogens with zero attached hydrogens (tertiary/aromatic N) is 2. The number of benzene rings is 1. The third-order valence-electron chi connectivity index (χ3n) is 3.37. The monoisotopic (exact) mass is 394 g/mol. The quantitative estimate of drug-likeness (QED) is 0.563. The van der Waals surface area contributed by atoms with Gasteiger partial charge >= 0.3 is 0 Å². The van der Waals surface area contributed by atoms with Gasteiger partial charge in [-0.25, -0.2) is 14.4 Å². The van der Waals surface area contributed by atoms with Crippen LogP contribution in [-0.4, -0.2) is 9.97 Å². The zero-order valence-corrected chi connectivity index (χ0v) is 15.4. The van der Waals surface area contributed by atoms with Crippen molar-refractivity contribution in [2.45, 2.75) is 11.9 Å². The van der Waals surface area contributed by atoms with Crippen molar-refractivity contribution in [1.29, 1.82) is 0 Å². The van der Waals surface area contributed by atoms with E-state index in [9.17, 15) is 4.39 Å². The van der Waals surface area contributed by atoms with Crippen molar-refractivity contribution < 1.29 is 4.39 Å². The van der Waals surface area contributed by atoms with Crippen LogP contribution in [0, 0.1) is 12.7 Å². The predicted molar refractivity (Wildman–Crippen MR) is 103 cm³/mol. The number of halogens is 3. The lowest BCUT2D eigenvalue weighted by Gasteiger charge is -2.12. The van der Waals surface area contributed by atoms with Gasteiger partial charge in [-0.05, 0) is 42.8 Å². The summed E-state index contributed by atoms with van der Waals surface area (Å²) in [6.07, 6.45) is 0. The second-order valence-electron chi connectivity index (χ2n) is 5.19. The van der Waals surface area contributed by atoms with Crippen molar-refractivity contribution in [3.05, 3.63) is 63.9 Å². The van der Waals surface area contributed by atoms with E-state index in [0.717, 1.165) is 5.56 Å². The van der Waals surface area contributed by atoms with Gasteiger partial charge in [-0.3, -0.25) is 0 Å². The number of rotatable bonds is 4. The Balaban J connectivity index is 1.93. The lowest BCUT2D eigenvalue weighted by atomic mass is 10.1. The molecule has 1 aromatic carbocycles. The summed E-state index contributed by atoms with van der Waals surface area (Å²) in [6.45, 7) is 1.79. The Bertz CT molecular complexity index is 937. The Morgan fingerprint density at radius 3 is 2.64 bits per heavy atom. The average molecular weight is 395 g/mol. The summed E-state index contributed by atoms with van der Waals surface area (Å²) in [4.78, 5) is 8.56. The first-order valence-electron chi connectivity index (χ1n) is 7.22. The molecule has 0 saturated carbocycles. The molecule has 4 nitrogen and oxygen atoms in total. The van der Waals surface area contributed by atoms with E-state index in [0.29, 0.717) is 21.7 Å². The van der Waals surface area contributed by atoms with E-state index in [2.05, 4.69) is 14.7 Å². The number of nitrogen functional groups attached to an aromatic ring is 1. The van der Waals surface area contributed by atoms with Crippen LogP contribution in [0.3, 0.4) is 0 Å². The molecule has 2 heterocycles. The summed E-state index contributed by atoms with van der Waals surface area (Å²) >= 11 is 13.7. The van der Waals surface area contributed by atoms with Gasteiger partial charge in [-0.1, -0.05) is 35.3 Å². The highest BCUT2D eigenvalue weighted by Crippen LogP contribution is 2.36. The standard InChI is InChI=1S/C17H13Cl2FN4S/c1-9-5-7-11(20)15(16(9)19)17-10(18)6-8-13(23-17)24-25-14-4-2-3-12(21)22-14/h2-8H,1H3,(H2,21,22)(H,23,24). The molecule has 25 heavy (non-hydrogen) atoms. The molecular weight excluding hydrogens is 382 g/mol. The van der Waals surface area contributed by atoms with Gasteiger partial charge in [0, 0.05) is 11.9 Å². The van der Waals surface area contributed by atoms with Crippen LogP contribution in [0.15, 0.2) is 47.5 Å². The van der Waals surface area contributed by atoms with Crippen molar-refractivity contribution >= 4 is 46.8 Å². The van der Waals surface area contributed by atoms with Crippen molar-refractivity contribution in [2.75, 3.05) is 10.5 Å². The summed E-state index contributed by atoms with van der Waals surface area (Å²) in [5.74, 6) is 0.433. The summed E-state index contributed by atoms with van der Waals surface area (Å²) < 4.78 is 17.3. The Hall–Kier alpha value is -2.02. The molecule has 0 unspecified atom stereocenters. The van der Waals surface area contributed by atoms with Gasteiger partial charge in [-0.2, -0.15) is 0 Å². The van der Waals surface area contributed by atoms with Crippen LogP contribution in [-0.2, 0) is 0 Å². The summed E-state index contributed by atoms with van der Waals surface area (Å²) in [7, 11) is 0. The zero-order valence-electron chi connectivity index (χ0n) is 13.1. The Morgan fingerprint density at radius 1 is 1.08 bits per heavy atom. The number of aromatic nitrogens is 2. The number of aryl methyl sites for hydroxylation is 1. The topological polar surface area (TPSA) is 63.8 Å². The number of pyridine rings is 2.